The largest absolute Gasteiger partial charge is 0.351 e. The molecule has 4 heteroatoms. The van der Waals surface area contributed by atoms with Crippen molar-refractivity contribution in [1.82, 2.24) is 5.32 Å². The van der Waals surface area contributed by atoms with E-state index in [1.54, 1.807) is 0 Å². The summed E-state index contributed by atoms with van der Waals surface area (Å²) in [5.74, 6) is -0.00375. The summed E-state index contributed by atoms with van der Waals surface area (Å²) in [7, 11) is 0. The van der Waals surface area contributed by atoms with Gasteiger partial charge in [-0.3, -0.25) is 4.79 Å². The van der Waals surface area contributed by atoms with Crippen molar-refractivity contribution in [3.05, 3.63) is 0 Å². The number of amides is 1. The Balaban J connectivity index is 3.79. The molecule has 12 heavy (non-hydrogen) atoms. The summed E-state index contributed by atoms with van der Waals surface area (Å²) in [5.41, 5.74) is 10.4. The summed E-state index contributed by atoms with van der Waals surface area (Å²) in [6, 6.07) is 0. The molecule has 0 aliphatic carbocycles. The van der Waals surface area contributed by atoms with Gasteiger partial charge in [-0.1, -0.05) is 0 Å². The zero-order valence-electron chi connectivity index (χ0n) is 7.89. The summed E-state index contributed by atoms with van der Waals surface area (Å²) in [4.78, 5) is 11.1. The van der Waals surface area contributed by atoms with Gasteiger partial charge in [0.25, 0.3) is 0 Å². The number of rotatable bonds is 5. The Bertz CT molecular complexity index is 145. The van der Waals surface area contributed by atoms with Crippen molar-refractivity contribution in [2.24, 2.45) is 11.5 Å². The van der Waals surface area contributed by atoms with Gasteiger partial charge >= 0.3 is 0 Å². The van der Waals surface area contributed by atoms with Crippen molar-refractivity contribution >= 4 is 5.91 Å². The van der Waals surface area contributed by atoms with Gasteiger partial charge in [0.1, 0.15) is 0 Å². The van der Waals surface area contributed by atoms with Crippen molar-refractivity contribution < 1.29 is 4.79 Å². The molecule has 0 rings (SSSR count). The van der Waals surface area contributed by atoms with E-state index >= 15 is 0 Å². The number of carbonyl (C=O) groups excluding carboxylic acids is 1. The van der Waals surface area contributed by atoms with Crippen LogP contribution in [0.1, 0.15) is 26.7 Å². The highest BCUT2D eigenvalue weighted by molar-refractivity contribution is 5.76. The first-order valence-corrected chi connectivity index (χ1v) is 4.23. The van der Waals surface area contributed by atoms with Crippen molar-refractivity contribution in [2.45, 2.75) is 32.2 Å². The minimum atomic E-state index is -0.207. The van der Waals surface area contributed by atoms with Gasteiger partial charge < -0.3 is 16.8 Å². The summed E-state index contributed by atoms with van der Waals surface area (Å²) in [6.07, 6.45) is 1.16. The monoisotopic (exact) mass is 173 g/mol. The topological polar surface area (TPSA) is 81.1 Å². The lowest BCUT2D eigenvalue weighted by Crippen LogP contribution is -2.45. The van der Waals surface area contributed by atoms with Crippen LogP contribution in [0.15, 0.2) is 0 Å². The maximum absolute atomic E-state index is 11.1. The molecule has 0 aromatic heterocycles. The smallest absolute Gasteiger partial charge is 0.221 e. The van der Waals surface area contributed by atoms with Gasteiger partial charge in [-0.2, -0.15) is 0 Å². The molecule has 0 spiro atoms. The van der Waals surface area contributed by atoms with E-state index in [0.717, 1.165) is 6.42 Å². The molecule has 0 aliphatic heterocycles. The SMILES string of the molecule is CC(C)(CCN)NC(=O)CCN. The fourth-order valence-electron chi connectivity index (χ4n) is 0.994. The highest BCUT2D eigenvalue weighted by Gasteiger charge is 2.18. The second kappa shape index (κ2) is 5.11. The Kier molecular flexibility index (Phi) is 4.85. The molecule has 0 aromatic rings. The van der Waals surface area contributed by atoms with Crippen LogP contribution in [-0.4, -0.2) is 24.5 Å². The predicted octanol–water partition coefficient (Wildman–Crippen LogP) is -0.421. The van der Waals surface area contributed by atoms with Crippen molar-refractivity contribution in [3.8, 4) is 0 Å². The molecule has 0 aromatic carbocycles. The Labute approximate surface area is 73.7 Å². The van der Waals surface area contributed by atoms with Crippen LogP contribution in [-0.2, 0) is 4.79 Å². The van der Waals surface area contributed by atoms with Crippen molar-refractivity contribution in [2.75, 3.05) is 13.1 Å². The normalized spacial score (nSPS) is 11.3. The first kappa shape index (κ1) is 11.4. The Morgan fingerprint density at radius 3 is 2.33 bits per heavy atom. The lowest BCUT2D eigenvalue weighted by atomic mass is 10.0. The van der Waals surface area contributed by atoms with Crippen molar-refractivity contribution in [3.63, 3.8) is 0 Å². The van der Waals surface area contributed by atoms with Gasteiger partial charge in [0.05, 0.1) is 0 Å². The molecule has 0 radical (unpaired) electrons. The summed E-state index contributed by atoms with van der Waals surface area (Å²) in [5, 5.41) is 2.86. The van der Waals surface area contributed by atoms with E-state index in [0.29, 0.717) is 19.5 Å². The van der Waals surface area contributed by atoms with E-state index in [4.69, 9.17) is 11.5 Å². The molecule has 4 nitrogen and oxygen atoms in total. The predicted molar refractivity (Wildman–Crippen MR) is 49.6 cm³/mol. The van der Waals surface area contributed by atoms with Crippen LogP contribution in [0.5, 0.6) is 0 Å². The Hall–Kier alpha value is -0.610. The highest BCUT2D eigenvalue weighted by atomic mass is 16.1. The molecule has 0 bridgehead atoms. The van der Waals surface area contributed by atoms with Gasteiger partial charge in [0.2, 0.25) is 5.91 Å². The molecule has 0 heterocycles. The van der Waals surface area contributed by atoms with Crippen LogP contribution in [0, 0.1) is 0 Å². The van der Waals surface area contributed by atoms with E-state index in [9.17, 15) is 4.79 Å². The van der Waals surface area contributed by atoms with Gasteiger partial charge in [0, 0.05) is 18.5 Å². The standard InChI is InChI=1S/C8H19N3O/c1-8(2,4-6-10)11-7(12)3-5-9/h3-6,9-10H2,1-2H3,(H,11,12). The average Bonchev–Trinajstić information content (AvgIpc) is 1.85. The summed E-state index contributed by atoms with van der Waals surface area (Å²) in [6.45, 7) is 4.88. The average molecular weight is 173 g/mol. The number of hydrogen-bond donors (Lipinski definition) is 3. The molecule has 0 unspecified atom stereocenters. The highest BCUT2D eigenvalue weighted by Crippen LogP contribution is 2.06. The molecule has 5 N–H and O–H groups in total. The van der Waals surface area contributed by atoms with Crippen LogP contribution in [0.4, 0.5) is 0 Å². The second-order valence-electron chi connectivity index (χ2n) is 3.51. The van der Waals surface area contributed by atoms with Crippen LogP contribution >= 0.6 is 0 Å². The maximum Gasteiger partial charge on any atom is 0.221 e. The molecule has 1 amide bonds. The van der Waals surface area contributed by atoms with E-state index in [1.807, 2.05) is 13.8 Å². The lowest BCUT2D eigenvalue weighted by molar-refractivity contribution is -0.122. The minimum Gasteiger partial charge on any atom is -0.351 e. The van der Waals surface area contributed by atoms with Gasteiger partial charge in [-0.25, -0.2) is 0 Å². The molecule has 0 atom stereocenters. The van der Waals surface area contributed by atoms with Crippen LogP contribution in [0.2, 0.25) is 0 Å². The Morgan fingerprint density at radius 1 is 1.33 bits per heavy atom. The van der Waals surface area contributed by atoms with Gasteiger partial charge in [-0.05, 0) is 26.8 Å². The fraction of sp³-hybridized carbons (Fsp3) is 0.875. The molecule has 0 saturated heterocycles. The van der Waals surface area contributed by atoms with E-state index in [1.165, 1.54) is 0 Å². The Morgan fingerprint density at radius 2 is 1.92 bits per heavy atom. The summed E-state index contributed by atoms with van der Waals surface area (Å²) < 4.78 is 0. The maximum atomic E-state index is 11.1. The molecule has 72 valence electrons. The molecular weight excluding hydrogens is 154 g/mol. The minimum absolute atomic E-state index is 0.00375. The first-order chi connectivity index (χ1) is 5.52. The fourth-order valence-corrected chi connectivity index (χ4v) is 0.994. The van der Waals surface area contributed by atoms with Gasteiger partial charge in [-0.15, -0.1) is 0 Å². The zero-order valence-corrected chi connectivity index (χ0v) is 7.89. The van der Waals surface area contributed by atoms with Crippen LogP contribution in [0.25, 0.3) is 0 Å². The number of nitrogens with two attached hydrogens (primary N) is 2. The summed E-state index contributed by atoms with van der Waals surface area (Å²) >= 11 is 0. The van der Waals surface area contributed by atoms with Crippen molar-refractivity contribution in [1.29, 1.82) is 0 Å². The number of nitrogens with one attached hydrogen (secondary N) is 1. The molecule has 0 aliphatic rings. The zero-order chi connectivity index (χ0) is 9.61. The van der Waals surface area contributed by atoms with E-state index in [2.05, 4.69) is 5.32 Å². The van der Waals surface area contributed by atoms with E-state index < -0.39 is 0 Å². The lowest BCUT2D eigenvalue weighted by Gasteiger charge is -2.25. The van der Waals surface area contributed by atoms with E-state index in [-0.39, 0.29) is 11.4 Å². The third-order valence-corrected chi connectivity index (χ3v) is 1.62. The third-order valence-electron chi connectivity index (χ3n) is 1.62. The number of hydrogen-bond acceptors (Lipinski definition) is 3. The van der Waals surface area contributed by atoms with Crippen LogP contribution < -0.4 is 16.8 Å². The third kappa shape index (κ3) is 5.09. The second-order valence-corrected chi connectivity index (χ2v) is 3.51. The van der Waals surface area contributed by atoms with Gasteiger partial charge in [0.15, 0.2) is 0 Å². The number of carbonyl (C=O) groups is 1. The first-order valence-electron chi connectivity index (χ1n) is 4.23. The molecule has 0 fully saturated rings. The quantitative estimate of drug-likeness (QED) is 0.528. The molecule has 0 saturated carbocycles. The van der Waals surface area contributed by atoms with Crippen LogP contribution in [0.3, 0.4) is 0 Å². The molecular formula is C8H19N3O.